The lowest BCUT2D eigenvalue weighted by Gasteiger charge is -2.06. The largest absolute Gasteiger partial charge is 0.331 e. The van der Waals surface area contributed by atoms with Gasteiger partial charge >= 0.3 is 0 Å². The third-order valence-electron chi connectivity index (χ3n) is 3.10. The van der Waals surface area contributed by atoms with E-state index in [4.69, 9.17) is 0 Å². The smallest absolute Gasteiger partial charge is 0.0953 e. The van der Waals surface area contributed by atoms with E-state index in [1.54, 1.807) is 0 Å². The molecule has 2 aromatic rings. The number of aromatic nitrogens is 4. The lowest BCUT2D eigenvalue weighted by Crippen LogP contribution is -2.10. The topological polar surface area (TPSA) is 47.7 Å². The van der Waals surface area contributed by atoms with E-state index in [0.29, 0.717) is 0 Å². The van der Waals surface area contributed by atoms with Gasteiger partial charge in [0.05, 0.1) is 34.4 Å². The highest BCUT2D eigenvalue weighted by Gasteiger charge is 2.12. The molecule has 0 bridgehead atoms. The van der Waals surface area contributed by atoms with Crippen molar-refractivity contribution in [3.8, 4) is 0 Å². The van der Waals surface area contributed by atoms with E-state index in [9.17, 15) is 0 Å². The van der Waals surface area contributed by atoms with E-state index in [-0.39, 0.29) is 0 Å². The number of imidazole rings is 1. The molecule has 0 fully saturated rings. The third kappa shape index (κ3) is 3.25. The average molecular weight is 326 g/mol. The average Bonchev–Trinajstić information content (AvgIpc) is 2.96. The molecule has 0 atom stereocenters. The zero-order chi connectivity index (χ0) is 13.8. The fraction of sp³-hybridized carbons (Fsp3) is 0.538. The summed E-state index contributed by atoms with van der Waals surface area (Å²) in [5, 5.41) is 7.64. The number of nitrogens with zero attached hydrogens (tertiary/aromatic N) is 4. The van der Waals surface area contributed by atoms with Crippen LogP contribution >= 0.6 is 15.9 Å². The fourth-order valence-corrected chi connectivity index (χ4v) is 2.48. The number of halogens is 1. The Hall–Kier alpha value is -1.14. The van der Waals surface area contributed by atoms with Crippen molar-refractivity contribution < 1.29 is 0 Å². The van der Waals surface area contributed by atoms with Crippen LogP contribution in [0.4, 0.5) is 0 Å². The second-order valence-electron chi connectivity index (χ2n) is 4.55. The molecule has 2 rings (SSSR count). The van der Waals surface area contributed by atoms with E-state index in [1.165, 1.54) is 5.69 Å². The standard InChI is InChI=1S/C13H20BrN5/c1-4-19-12(13(14)10(2)17-19)8-18-7-11(16-9-18)5-6-15-3/h7,9,15H,4-6,8H2,1-3H3. The van der Waals surface area contributed by atoms with Crippen molar-refractivity contribution in [2.24, 2.45) is 0 Å². The van der Waals surface area contributed by atoms with Gasteiger partial charge in [-0.1, -0.05) is 0 Å². The van der Waals surface area contributed by atoms with E-state index in [2.05, 4.69) is 49.0 Å². The molecular weight excluding hydrogens is 306 g/mol. The van der Waals surface area contributed by atoms with Gasteiger partial charge in [-0.2, -0.15) is 5.10 Å². The summed E-state index contributed by atoms with van der Waals surface area (Å²) in [6.07, 6.45) is 4.95. The maximum atomic E-state index is 4.51. The summed E-state index contributed by atoms with van der Waals surface area (Å²) in [4.78, 5) is 4.42. The van der Waals surface area contributed by atoms with Gasteiger partial charge < -0.3 is 9.88 Å². The molecule has 19 heavy (non-hydrogen) atoms. The second-order valence-corrected chi connectivity index (χ2v) is 5.35. The normalized spacial score (nSPS) is 11.2. The summed E-state index contributed by atoms with van der Waals surface area (Å²) in [6.45, 7) is 6.75. The van der Waals surface area contributed by atoms with Gasteiger partial charge in [0, 0.05) is 25.7 Å². The van der Waals surface area contributed by atoms with Crippen LogP contribution < -0.4 is 5.32 Å². The molecule has 6 heteroatoms. The van der Waals surface area contributed by atoms with Crippen LogP contribution in [0.15, 0.2) is 17.0 Å². The molecule has 0 spiro atoms. The summed E-state index contributed by atoms with van der Waals surface area (Å²) >= 11 is 3.62. The first-order chi connectivity index (χ1) is 9.15. The number of aryl methyl sites for hydroxylation is 2. The summed E-state index contributed by atoms with van der Waals surface area (Å²) in [6, 6.07) is 0. The van der Waals surface area contributed by atoms with Crippen molar-refractivity contribution in [3.05, 3.63) is 34.1 Å². The molecule has 104 valence electrons. The molecule has 2 aromatic heterocycles. The summed E-state index contributed by atoms with van der Waals surface area (Å²) < 4.78 is 5.24. The van der Waals surface area contributed by atoms with Crippen LogP contribution in [-0.4, -0.2) is 32.9 Å². The van der Waals surface area contributed by atoms with Gasteiger partial charge in [-0.3, -0.25) is 4.68 Å². The van der Waals surface area contributed by atoms with Gasteiger partial charge in [-0.25, -0.2) is 4.98 Å². The molecule has 0 unspecified atom stereocenters. The molecule has 0 radical (unpaired) electrons. The Balaban J connectivity index is 2.14. The van der Waals surface area contributed by atoms with Crippen LogP contribution in [0.2, 0.25) is 0 Å². The minimum absolute atomic E-state index is 0.793. The molecule has 0 saturated heterocycles. The monoisotopic (exact) mass is 325 g/mol. The number of nitrogens with one attached hydrogen (secondary N) is 1. The minimum atomic E-state index is 0.793. The van der Waals surface area contributed by atoms with Gasteiger partial charge in [0.15, 0.2) is 0 Å². The number of likely N-dealkylation sites (N-methyl/N-ethyl adjacent to an activating group) is 1. The van der Waals surface area contributed by atoms with Crippen molar-refractivity contribution in [1.29, 1.82) is 0 Å². The second kappa shape index (κ2) is 6.34. The van der Waals surface area contributed by atoms with Gasteiger partial charge in [0.1, 0.15) is 0 Å². The maximum Gasteiger partial charge on any atom is 0.0953 e. The minimum Gasteiger partial charge on any atom is -0.331 e. The Morgan fingerprint density at radius 1 is 1.42 bits per heavy atom. The van der Waals surface area contributed by atoms with Gasteiger partial charge in [-0.05, 0) is 36.8 Å². The molecule has 1 N–H and O–H groups in total. The summed E-state index contributed by atoms with van der Waals surface area (Å²) in [7, 11) is 1.96. The third-order valence-corrected chi connectivity index (χ3v) is 4.13. The number of hydrogen-bond acceptors (Lipinski definition) is 3. The van der Waals surface area contributed by atoms with E-state index in [1.807, 2.05) is 25.0 Å². The molecule has 2 heterocycles. The van der Waals surface area contributed by atoms with Crippen molar-refractivity contribution >= 4 is 15.9 Å². The highest BCUT2D eigenvalue weighted by Crippen LogP contribution is 2.22. The van der Waals surface area contributed by atoms with E-state index in [0.717, 1.165) is 41.9 Å². The Morgan fingerprint density at radius 3 is 2.89 bits per heavy atom. The van der Waals surface area contributed by atoms with Gasteiger partial charge in [0.25, 0.3) is 0 Å². The summed E-state index contributed by atoms with van der Waals surface area (Å²) in [5.41, 5.74) is 3.34. The first-order valence-electron chi connectivity index (χ1n) is 6.52. The Kier molecular flexibility index (Phi) is 4.76. The predicted octanol–water partition coefficient (Wildman–Crippen LogP) is 1.98. The van der Waals surface area contributed by atoms with Crippen LogP contribution in [0.5, 0.6) is 0 Å². The lowest BCUT2D eigenvalue weighted by molar-refractivity contribution is 0.596. The van der Waals surface area contributed by atoms with Crippen molar-refractivity contribution in [2.75, 3.05) is 13.6 Å². The molecule has 0 aliphatic heterocycles. The van der Waals surface area contributed by atoms with E-state index < -0.39 is 0 Å². The molecule has 0 aliphatic rings. The van der Waals surface area contributed by atoms with Crippen LogP contribution in [0.3, 0.4) is 0 Å². The molecular formula is C13H20BrN5. The lowest BCUT2D eigenvalue weighted by atomic mass is 10.3. The predicted molar refractivity (Wildman–Crippen MR) is 79.3 cm³/mol. The Morgan fingerprint density at radius 2 is 2.21 bits per heavy atom. The van der Waals surface area contributed by atoms with Crippen LogP contribution in [0, 0.1) is 6.92 Å². The quantitative estimate of drug-likeness (QED) is 0.883. The van der Waals surface area contributed by atoms with Crippen LogP contribution in [0.25, 0.3) is 0 Å². The van der Waals surface area contributed by atoms with Crippen molar-refractivity contribution in [1.82, 2.24) is 24.6 Å². The first-order valence-corrected chi connectivity index (χ1v) is 7.32. The Bertz CT molecular complexity index is 543. The zero-order valence-corrected chi connectivity index (χ0v) is 13.2. The fourth-order valence-electron chi connectivity index (χ4n) is 2.07. The van der Waals surface area contributed by atoms with E-state index >= 15 is 0 Å². The first kappa shape index (κ1) is 14.3. The molecule has 0 amide bonds. The Labute approximate surface area is 122 Å². The van der Waals surface area contributed by atoms with Gasteiger partial charge in [-0.15, -0.1) is 0 Å². The number of hydrogen-bond donors (Lipinski definition) is 1. The van der Waals surface area contributed by atoms with Crippen molar-refractivity contribution in [3.63, 3.8) is 0 Å². The highest BCUT2D eigenvalue weighted by atomic mass is 79.9. The molecule has 5 nitrogen and oxygen atoms in total. The number of rotatable bonds is 6. The zero-order valence-electron chi connectivity index (χ0n) is 11.6. The molecule has 0 aromatic carbocycles. The van der Waals surface area contributed by atoms with Gasteiger partial charge in [0.2, 0.25) is 0 Å². The highest BCUT2D eigenvalue weighted by molar-refractivity contribution is 9.10. The molecule has 0 aliphatic carbocycles. The van der Waals surface area contributed by atoms with Crippen LogP contribution in [0.1, 0.15) is 24.0 Å². The SMILES string of the molecule is CCn1nc(C)c(Br)c1Cn1cnc(CCNC)c1. The van der Waals surface area contributed by atoms with Crippen LogP contribution in [-0.2, 0) is 19.5 Å². The molecule has 0 saturated carbocycles. The maximum absolute atomic E-state index is 4.51. The van der Waals surface area contributed by atoms with Crippen molar-refractivity contribution in [2.45, 2.75) is 33.4 Å². The summed E-state index contributed by atoms with van der Waals surface area (Å²) in [5.74, 6) is 0.